The fraction of sp³-hybridized carbons (Fsp3) is 0.923. The zero-order valence-electron chi connectivity index (χ0n) is 18.2. The minimum atomic E-state index is 0.511. The predicted molar refractivity (Wildman–Crippen MR) is 113 cm³/mol. The fourth-order valence-electron chi connectivity index (χ4n) is 10.7. The van der Waals surface area contributed by atoms with Crippen molar-refractivity contribution in [1.82, 2.24) is 9.80 Å². The van der Waals surface area contributed by atoms with Crippen molar-refractivity contribution < 1.29 is 0 Å². The molecule has 0 radical (unpaired) electrons. The fourth-order valence-corrected chi connectivity index (χ4v) is 10.7. The second-order valence-corrected chi connectivity index (χ2v) is 13.1. The summed E-state index contributed by atoms with van der Waals surface area (Å²) in [6.07, 6.45) is 24.2. The summed E-state index contributed by atoms with van der Waals surface area (Å²) >= 11 is 0. The van der Waals surface area contributed by atoms with Gasteiger partial charge >= 0.3 is 0 Å². The van der Waals surface area contributed by atoms with Crippen LogP contribution in [0.3, 0.4) is 0 Å². The monoisotopic (exact) mass is 380 g/mol. The van der Waals surface area contributed by atoms with Gasteiger partial charge in [0.2, 0.25) is 0 Å². The molecule has 8 fully saturated rings. The Morgan fingerprint density at radius 3 is 1.11 bits per heavy atom. The van der Waals surface area contributed by atoms with Crippen LogP contribution in [0.15, 0.2) is 12.4 Å². The SMILES string of the molecule is CC(C)C1N(C23CC4CC(CC(C4)C2)C3)C=CN1C12CC3CC(CC(C3)C1)C2. The molecule has 0 N–H and O–H groups in total. The molecule has 8 bridgehead atoms. The smallest absolute Gasteiger partial charge is 0.104 e. The molecule has 0 atom stereocenters. The van der Waals surface area contributed by atoms with Crippen molar-refractivity contribution in [1.29, 1.82) is 0 Å². The molecule has 8 saturated carbocycles. The maximum Gasteiger partial charge on any atom is 0.104 e. The van der Waals surface area contributed by atoms with Gasteiger partial charge in [0.1, 0.15) is 6.17 Å². The van der Waals surface area contributed by atoms with Crippen molar-refractivity contribution in [3.63, 3.8) is 0 Å². The number of hydrogen-bond acceptors (Lipinski definition) is 2. The maximum atomic E-state index is 2.97. The van der Waals surface area contributed by atoms with E-state index in [0.717, 1.165) is 41.4 Å². The lowest BCUT2D eigenvalue weighted by atomic mass is 9.52. The van der Waals surface area contributed by atoms with E-state index in [1.54, 1.807) is 38.5 Å². The molecule has 0 aromatic heterocycles. The summed E-state index contributed by atoms with van der Waals surface area (Å²) in [5.74, 6) is 6.97. The lowest BCUT2D eigenvalue weighted by molar-refractivity contribution is -0.142. The summed E-state index contributed by atoms with van der Waals surface area (Å²) in [5, 5.41) is 0. The third kappa shape index (κ3) is 2.21. The van der Waals surface area contributed by atoms with E-state index in [9.17, 15) is 0 Å². The van der Waals surface area contributed by atoms with Gasteiger partial charge in [0.05, 0.1) is 0 Å². The summed E-state index contributed by atoms with van der Waals surface area (Å²) in [7, 11) is 0. The molecule has 0 unspecified atom stereocenters. The van der Waals surface area contributed by atoms with E-state index in [2.05, 4.69) is 36.0 Å². The molecule has 28 heavy (non-hydrogen) atoms. The molecule has 0 aromatic carbocycles. The van der Waals surface area contributed by atoms with Crippen LogP contribution in [-0.2, 0) is 0 Å². The van der Waals surface area contributed by atoms with Crippen LogP contribution >= 0.6 is 0 Å². The average molecular weight is 381 g/mol. The Hall–Kier alpha value is -0.660. The van der Waals surface area contributed by atoms with Crippen molar-refractivity contribution >= 4 is 0 Å². The third-order valence-electron chi connectivity index (χ3n) is 10.7. The highest BCUT2D eigenvalue weighted by atomic mass is 15.4. The molecule has 154 valence electrons. The van der Waals surface area contributed by atoms with Crippen LogP contribution in [0, 0.1) is 41.4 Å². The maximum absolute atomic E-state index is 2.97. The van der Waals surface area contributed by atoms with E-state index in [1.165, 1.54) is 38.5 Å². The molecule has 9 rings (SSSR count). The average Bonchev–Trinajstić information content (AvgIpc) is 3.06. The standard InChI is InChI=1S/C26H40N2/c1-17(2)24-27(25-11-18-5-19(12-25)7-20(6-18)13-25)3-4-28(24)26-14-21-8-22(15-26)10-23(9-21)16-26/h3-4,17-24H,5-16H2,1-2H3. The van der Waals surface area contributed by atoms with E-state index < -0.39 is 0 Å². The molecule has 9 aliphatic rings. The second-order valence-electron chi connectivity index (χ2n) is 13.1. The zero-order chi connectivity index (χ0) is 18.7. The molecule has 0 amide bonds. The van der Waals surface area contributed by atoms with Crippen molar-refractivity contribution in [3.8, 4) is 0 Å². The van der Waals surface area contributed by atoms with Crippen LogP contribution in [0.5, 0.6) is 0 Å². The third-order valence-corrected chi connectivity index (χ3v) is 10.7. The second kappa shape index (κ2) is 5.52. The molecule has 2 nitrogen and oxygen atoms in total. The van der Waals surface area contributed by atoms with E-state index in [1.807, 2.05) is 0 Å². The van der Waals surface area contributed by atoms with E-state index >= 15 is 0 Å². The van der Waals surface area contributed by atoms with E-state index in [-0.39, 0.29) is 0 Å². The largest absolute Gasteiger partial charge is 0.350 e. The van der Waals surface area contributed by atoms with Gasteiger partial charge in [-0.3, -0.25) is 0 Å². The van der Waals surface area contributed by atoms with Crippen LogP contribution in [0.25, 0.3) is 0 Å². The van der Waals surface area contributed by atoms with Crippen LogP contribution in [0.1, 0.15) is 90.9 Å². The van der Waals surface area contributed by atoms with Crippen LogP contribution in [0.4, 0.5) is 0 Å². The molecule has 0 aromatic rings. The highest BCUT2D eigenvalue weighted by molar-refractivity contribution is 5.19. The van der Waals surface area contributed by atoms with Crippen LogP contribution < -0.4 is 0 Å². The molecular weight excluding hydrogens is 340 g/mol. The predicted octanol–water partition coefficient (Wildman–Crippen LogP) is 5.99. The van der Waals surface area contributed by atoms with Gasteiger partial charge in [0, 0.05) is 23.5 Å². The summed E-state index contributed by atoms with van der Waals surface area (Å²) in [6.45, 7) is 5.03. The Morgan fingerprint density at radius 1 is 0.571 bits per heavy atom. The van der Waals surface area contributed by atoms with Gasteiger partial charge < -0.3 is 9.80 Å². The Labute approximate surface area is 172 Å². The summed E-state index contributed by atoms with van der Waals surface area (Å²) in [6, 6.07) is 0. The molecule has 2 heteroatoms. The van der Waals surface area contributed by atoms with Crippen molar-refractivity contribution in [2.75, 3.05) is 0 Å². The lowest BCUT2D eigenvalue weighted by Gasteiger charge is -2.65. The van der Waals surface area contributed by atoms with E-state index in [4.69, 9.17) is 0 Å². The number of hydrogen-bond donors (Lipinski definition) is 0. The Kier molecular flexibility index (Phi) is 3.37. The highest BCUT2D eigenvalue weighted by Gasteiger charge is 2.60. The minimum Gasteiger partial charge on any atom is -0.350 e. The first kappa shape index (κ1) is 17.1. The summed E-state index contributed by atoms with van der Waals surface area (Å²) < 4.78 is 0. The highest BCUT2D eigenvalue weighted by Crippen LogP contribution is 2.62. The number of rotatable bonds is 3. The summed E-state index contributed by atoms with van der Waals surface area (Å²) in [5.41, 5.74) is 1.02. The Bertz CT molecular complexity index is 566. The quantitative estimate of drug-likeness (QED) is 0.593. The van der Waals surface area contributed by atoms with Gasteiger partial charge in [0.15, 0.2) is 0 Å². The minimum absolute atomic E-state index is 0.511. The van der Waals surface area contributed by atoms with E-state index in [0.29, 0.717) is 17.2 Å². The summed E-state index contributed by atoms with van der Waals surface area (Å²) in [4.78, 5) is 5.95. The van der Waals surface area contributed by atoms with Crippen molar-refractivity contribution in [2.24, 2.45) is 41.4 Å². The van der Waals surface area contributed by atoms with Crippen molar-refractivity contribution in [3.05, 3.63) is 12.4 Å². The Balaban J connectivity index is 1.23. The van der Waals surface area contributed by atoms with Gasteiger partial charge in [-0.1, -0.05) is 13.8 Å². The molecule has 8 aliphatic carbocycles. The molecule has 0 spiro atoms. The van der Waals surface area contributed by atoms with Gasteiger partial charge in [-0.2, -0.15) is 0 Å². The van der Waals surface area contributed by atoms with Crippen molar-refractivity contribution in [2.45, 2.75) is 108 Å². The van der Waals surface area contributed by atoms with Crippen LogP contribution in [0.2, 0.25) is 0 Å². The normalized spacial score (nSPS) is 55.9. The molecule has 0 saturated heterocycles. The molecule has 1 heterocycles. The van der Waals surface area contributed by atoms with Gasteiger partial charge in [-0.25, -0.2) is 0 Å². The topological polar surface area (TPSA) is 6.48 Å². The van der Waals surface area contributed by atoms with Gasteiger partial charge in [-0.05, 0) is 118 Å². The first-order valence-corrected chi connectivity index (χ1v) is 12.8. The molecule has 1 aliphatic heterocycles. The van der Waals surface area contributed by atoms with Crippen LogP contribution in [-0.4, -0.2) is 27.0 Å². The molecular formula is C26H40N2. The lowest BCUT2D eigenvalue weighted by Crippen LogP contribution is -2.66. The first-order valence-electron chi connectivity index (χ1n) is 12.8. The first-order chi connectivity index (χ1) is 13.5. The Morgan fingerprint density at radius 2 is 0.857 bits per heavy atom. The zero-order valence-corrected chi connectivity index (χ0v) is 18.2. The van der Waals surface area contributed by atoms with Gasteiger partial charge in [0.25, 0.3) is 0 Å². The van der Waals surface area contributed by atoms with Gasteiger partial charge in [-0.15, -0.1) is 0 Å². The number of nitrogens with zero attached hydrogens (tertiary/aromatic N) is 2.